The number of fused-ring (bicyclic) bond motifs is 1. The van der Waals surface area contributed by atoms with Gasteiger partial charge in [0, 0.05) is 72.3 Å². The van der Waals surface area contributed by atoms with E-state index >= 15 is 0 Å². The molecule has 1 saturated carbocycles. The molecule has 0 unspecified atom stereocenters. The summed E-state index contributed by atoms with van der Waals surface area (Å²) in [5, 5.41) is 4.72. The van der Waals surface area contributed by atoms with Crippen LogP contribution in [0.4, 0.5) is 17.3 Å². The van der Waals surface area contributed by atoms with Crippen molar-refractivity contribution in [2.75, 3.05) is 50.1 Å². The second-order valence-corrected chi connectivity index (χ2v) is 12.6. The summed E-state index contributed by atoms with van der Waals surface area (Å²) >= 11 is 6.53. The van der Waals surface area contributed by atoms with Crippen molar-refractivity contribution in [3.05, 3.63) is 70.1 Å². The molecule has 0 bridgehead atoms. The number of hydrogen-bond donors (Lipinski definition) is 1. The third kappa shape index (κ3) is 6.14. The lowest BCUT2D eigenvalue weighted by atomic mass is 10.1. The van der Waals surface area contributed by atoms with Crippen LogP contribution in [0.5, 0.6) is 5.75 Å². The first-order chi connectivity index (χ1) is 21.5. The van der Waals surface area contributed by atoms with E-state index in [0.29, 0.717) is 40.9 Å². The molecule has 3 aliphatic rings. The number of nitrogens with one attached hydrogen (secondary N) is 1. The highest BCUT2D eigenvalue weighted by Gasteiger charge is 2.23. The average Bonchev–Trinajstić information content (AvgIpc) is 3.75. The maximum absolute atomic E-state index is 14.0. The Hall–Kier alpha value is -3.66. The van der Waals surface area contributed by atoms with E-state index in [9.17, 15) is 4.79 Å². The molecule has 4 aromatic rings. The molecule has 2 saturated heterocycles. The largest absolute Gasteiger partial charge is 0.488 e. The molecule has 0 amide bonds. The summed E-state index contributed by atoms with van der Waals surface area (Å²) in [6.07, 6.45) is 8.33. The van der Waals surface area contributed by atoms with Crippen LogP contribution in [0.25, 0.3) is 22.2 Å². The maximum Gasteiger partial charge on any atom is 0.260 e. The van der Waals surface area contributed by atoms with Crippen molar-refractivity contribution < 1.29 is 9.47 Å². The van der Waals surface area contributed by atoms with Gasteiger partial charge in [0.15, 0.2) is 0 Å². The minimum atomic E-state index is -0.146. The number of halogens is 1. The molecule has 2 aromatic heterocycles. The summed E-state index contributed by atoms with van der Waals surface area (Å²) in [7, 11) is 2.17. The topological polar surface area (TPSA) is 84.8 Å². The van der Waals surface area contributed by atoms with Crippen molar-refractivity contribution in [2.45, 2.75) is 57.3 Å². The van der Waals surface area contributed by atoms with Gasteiger partial charge in [0.1, 0.15) is 11.4 Å². The van der Waals surface area contributed by atoms with Crippen LogP contribution in [0.15, 0.2) is 59.5 Å². The molecule has 4 heterocycles. The molecule has 2 aliphatic heterocycles. The lowest BCUT2D eigenvalue weighted by Gasteiger charge is -2.34. The number of likely N-dealkylation sites (N-methyl/N-ethyl adjacent to an activating group) is 1. The first-order valence-corrected chi connectivity index (χ1v) is 16.2. The van der Waals surface area contributed by atoms with E-state index in [-0.39, 0.29) is 17.8 Å². The van der Waals surface area contributed by atoms with Crippen LogP contribution < -0.4 is 20.5 Å². The number of anilines is 3. The zero-order valence-electron chi connectivity index (χ0n) is 25.2. The highest BCUT2D eigenvalue weighted by molar-refractivity contribution is 6.33. The van der Waals surface area contributed by atoms with E-state index in [0.717, 1.165) is 74.4 Å². The van der Waals surface area contributed by atoms with Crippen LogP contribution in [0.3, 0.4) is 0 Å². The van der Waals surface area contributed by atoms with Crippen LogP contribution in [-0.2, 0) is 11.3 Å². The molecule has 1 N–H and O–H groups in total. The monoisotopic (exact) mass is 614 g/mol. The fraction of sp³-hybridized carbons (Fsp3) is 0.441. The number of hydrogen-bond acceptors (Lipinski definition) is 8. The average molecular weight is 615 g/mol. The van der Waals surface area contributed by atoms with Crippen molar-refractivity contribution in [2.24, 2.45) is 0 Å². The van der Waals surface area contributed by atoms with Crippen LogP contribution in [-0.4, -0.2) is 71.5 Å². The summed E-state index contributed by atoms with van der Waals surface area (Å²) in [6, 6.07) is 15.6. The first kappa shape index (κ1) is 29.1. The Morgan fingerprint density at radius 3 is 2.59 bits per heavy atom. The molecule has 230 valence electrons. The van der Waals surface area contributed by atoms with E-state index in [1.54, 1.807) is 16.8 Å². The normalized spacial score (nSPS) is 19.6. The van der Waals surface area contributed by atoms with Gasteiger partial charge in [0.25, 0.3) is 5.56 Å². The Kier molecular flexibility index (Phi) is 8.43. The van der Waals surface area contributed by atoms with Gasteiger partial charge in [0.2, 0.25) is 5.95 Å². The summed E-state index contributed by atoms with van der Waals surface area (Å²) in [6.45, 7) is 5.17. The predicted molar refractivity (Wildman–Crippen MR) is 176 cm³/mol. The smallest absolute Gasteiger partial charge is 0.260 e. The minimum Gasteiger partial charge on any atom is -0.488 e. The summed E-state index contributed by atoms with van der Waals surface area (Å²) in [4.78, 5) is 28.3. The molecule has 1 atom stereocenters. The van der Waals surface area contributed by atoms with Gasteiger partial charge in [-0.15, -0.1) is 0 Å². The number of benzene rings is 2. The van der Waals surface area contributed by atoms with Crippen LogP contribution in [0.1, 0.15) is 38.5 Å². The van der Waals surface area contributed by atoms with E-state index in [4.69, 9.17) is 26.1 Å². The predicted octanol–water partition coefficient (Wildman–Crippen LogP) is 6.11. The Morgan fingerprint density at radius 1 is 1.00 bits per heavy atom. The van der Waals surface area contributed by atoms with Gasteiger partial charge in [-0.25, -0.2) is 4.98 Å². The number of rotatable bonds is 8. The molecule has 0 radical (unpaired) electrons. The Morgan fingerprint density at radius 2 is 1.82 bits per heavy atom. The third-order valence-electron chi connectivity index (χ3n) is 9.08. The standard InChI is InChI=1S/C34H39ClN6O3/c1-39-14-16-40(17-15-39)24-12-13-30(31(20-24)44-25-7-2-3-8-25)37-34-36-21-23-19-28(27-10-4-5-11-29(27)35)33(42)41(32(23)38-34)22-26-9-6-18-43-26/h4-5,10-13,19-21,25-26H,2-3,6-9,14-18,22H2,1H3,(H,36,37,38)/t26-/m1/s1. The summed E-state index contributed by atoms with van der Waals surface area (Å²) < 4.78 is 14.2. The molecule has 10 heteroatoms. The third-order valence-corrected chi connectivity index (χ3v) is 9.41. The first-order valence-electron chi connectivity index (χ1n) is 15.8. The van der Waals surface area contributed by atoms with Gasteiger partial charge in [-0.1, -0.05) is 29.8 Å². The van der Waals surface area contributed by atoms with Crippen molar-refractivity contribution in [1.82, 2.24) is 19.4 Å². The fourth-order valence-electron chi connectivity index (χ4n) is 6.53. The highest BCUT2D eigenvalue weighted by atomic mass is 35.5. The summed E-state index contributed by atoms with van der Waals surface area (Å²) in [5.74, 6) is 1.22. The number of piperazine rings is 1. The van der Waals surface area contributed by atoms with Crippen molar-refractivity contribution in [1.29, 1.82) is 0 Å². The van der Waals surface area contributed by atoms with Crippen molar-refractivity contribution in [3.63, 3.8) is 0 Å². The second kappa shape index (κ2) is 12.8. The van der Waals surface area contributed by atoms with E-state index in [1.165, 1.54) is 12.8 Å². The van der Waals surface area contributed by atoms with Crippen LogP contribution in [0.2, 0.25) is 5.02 Å². The maximum atomic E-state index is 14.0. The van der Waals surface area contributed by atoms with Gasteiger partial charge in [-0.05, 0) is 69.8 Å². The number of nitrogens with zero attached hydrogens (tertiary/aromatic N) is 5. The summed E-state index contributed by atoms with van der Waals surface area (Å²) in [5.41, 5.74) is 3.61. The lowest BCUT2D eigenvalue weighted by Crippen LogP contribution is -2.44. The zero-order chi connectivity index (χ0) is 30.0. The molecule has 7 rings (SSSR count). The molecule has 0 spiro atoms. The fourth-order valence-corrected chi connectivity index (χ4v) is 6.77. The minimum absolute atomic E-state index is 0.0442. The molecule has 3 fully saturated rings. The Labute approximate surface area is 262 Å². The molecule has 44 heavy (non-hydrogen) atoms. The van der Waals surface area contributed by atoms with E-state index in [2.05, 4.69) is 45.3 Å². The lowest BCUT2D eigenvalue weighted by molar-refractivity contribution is 0.0971. The zero-order valence-corrected chi connectivity index (χ0v) is 25.9. The number of pyridine rings is 1. The van der Waals surface area contributed by atoms with Gasteiger partial charge >= 0.3 is 0 Å². The van der Waals surface area contributed by atoms with Crippen molar-refractivity contribution >= 4 is 40.0 Å². The Balaban J connectivity index is 1.25. The molecular formula is C34H39ClN6O3. The SMILES string of the molecule is CN1CCN(c2ccc(Nc3ncc4cc(-c5ccccc5Cl)c(=O)n(C[C@H]5CCCO5)c4n3)c(OC3CCCC3)c2)CC1. The second-order valence-electron chi connectivity index (χ2n) is 12.2. The van der Waals surface area contributed by atoms with Gasteiger partial charge in [0.05, 0.1) is 24.4 Å². The van der Waals surface area contributed by atoms with Gasteiger partial charge in [-0.3, -0.25) is 9.36 Å². The quantitative estimate of drug-likeness (QED) is 0.255. The molecule has 2 aromatic carbocycles. The number of ether oxygens (including phenoxy) is 2. The van der Waals surface area contributed by atoms with Crippen LogP contribution >= 0.6 is 11.6 Å². The highest BCUT2D eigenvalue weighted by Crippen LogP contribution is 2.36. The molecule has 1 aliphatic carbocycles. The number of aromatic nitrogens is 3. The van der Waals surface area contributed by atoms with Crippen LogP contribution in [0, 0.1) is 0 Å². The Bertz CT molecular complexity index is 1690. The van der Waals surface area contributed by atoms with Gasteiger partial charge < -0.3 is 24.6 Å². The molecule has 9 nitrogen and oxygen atoms in total. The van der Waals surface area contributed by atoms with E-state index in [1.807, 2.05) is 24.3 Å². The van der Waals surface area contributed by atoms with Crippen molar-refractivity contribution in [3.8, 4) is 16.9 Å². The van der Waals surface area contributed by atoms with Gasteiger partial charge in [-0.2, -0.15) is 4.98 Å². The van der Waals surface area contributed by atoms with E-state index < -0.39 is 0 Å². The molecular weight excluding hydrogens is 576 g/mol.